The van der Waals surface area contributed by atoms with Crippen LogP contribution in [-0.2, 0) is 19.1 Å². The van der Waals surface area contributed by atoms with Crippen LogP contribution in [0, 0.1) is 20.2 Å². The minimum Gasteiger partial charge on any atom is -0.493 e. The van der Waals surface area contributed by atoms with E-state index >= 15 is 0 Å². The molecule has 19 nitrogen and oxygen atoms in total. The smallest absolute Gasteiger partial charge is 0.328 e. The van der Waals surface area contributed by atoms with Crippen LogP contribution in [-0.4, -0.2) is 122 Å². The van der Waals surface area contributed by atoms with E-state index in [4.69, 9.17) is 23.7 Å². The van der Waals surface area contributed by atoms with E-state index in [1.54, 1.807) is 0 Å². The van der Waals surface area contributed by atoms with Gasteiger partial charge in [0.05, 0.1) is 69.7 Å². The van der Waals surface area contributed by atoms with E-state index in [-0.39, 0.29) is 79.4 Å². The third-order valence-electron chi connectivity index (χ3n) is 7.95. The van der Waals surface area contributed by atoms with Crippen LogP contribution in [0.25, 0.3) is 0 Å². The van der Waals surface area contributed by atoms with E-state index in [1.165, 1.54) is 57.3 Å². The zero-order valence-corrected chi connectivity index (χ0v) is 30.8. The number of aliphatic hydroxyl groups excluding tert-OH is 1. The summed E-state index contributed by atoms with van der Waals surface area (Å²) in [5.74, 6) is -2.05. The molecule has 0 saturated carbocycles. The van der Waals surface area contributed by atoms with Gasteiger partial charge in [0.1, 0.15) is 17.2 Å². The van der Waals surface area contributed by atoms with Crippen molar-refractivity contribution in [3.63, 3.8) is 0 Å². The molecule has 2 atom stereocenters. The lowest BCUT2D eigenvalue weighted by molar-refractivity contribution is -0.385. The molecule has 0 bridgehead atoms. The van der Waals surface area contributed by atoms with Gasteiger partial charge in [0.15, 0.2) is 23.0 Å². The molecular formula is C34H46N4O15. The number of hydrogen-bond donors (Lipinski definition) is 1. The number of benzene rings is 2. The Labute approximate surface area is 305 Å². The second-order valence-corrected chi connectivity index (χ2v) is 11.2. The lowest BCUT2D eigenvalue weighted by atomic mass is 10.1. The second kappa shape index (κ2) is 21.0. The average molecular weight is 751 g/mol. The Morgan fingerprint density at radius 1 is 0.774 bits per heavy atom. The number of methoxy groups -OCH3 is 4. The number of aliphatic hydroxyl groups is 1. The molecule has 2 aromatic carbocycles. The summed E-state index contributed by atoms with van der Waals surface area (Å²) in [6.45, 7) is 5.86. The zero-order chi connectivity index (χ0) is 39.8. The van der Waals surface area contributed by atoms with E-state index in [0.717, 1.165) is 12.1 Å². The van der Waals surface area contributed by atoms with Crippen molar-refractivity contribution in [1.29, 1.82) is 0 Å². The summed E-state index contributed by atoms with van der Waals surface area (Å²) in [5, 5.41) is 33.5. The molecule has 2 aromatic rings. The molecule has 1 N–H and O–H groups in total. The normalized spacial score (nSPS) is 15.8. The molecule has 2 amide bonds. The first-order valence-electron chi connectivity index (χ1n) is 16.7. The van der Waals surface area contributed by atoms with Gasteiger partial charge < -0.3 is 43.3 Å². The SMILES string of the molecule is CC.COC(=O)C1CCCN1C(=O)c1cc(OC)c(OCCCOc2cc([N+](=O)[O-])c(C(=O)N3CCC(O)C3)cc2OC)cc1[N+](=O)[O-].COC(C)=O. The Hall–Kier alpha value is -5.72. The van der Waals surface area contributed by atoms with E-state index < -0.39 is 51.2 Å². The van der Waals surface area contributed by atoms with Crippen molar-refractivity contribution in [2.24, 2.45) is 0 Å². The van der Waals surface area contributed by atoms with Gasteiger partial charge >= 0.3 is 11.9 Å². The van der Waals surface area contributed by atoms with Gasteiger partial charge in [0, 0.05) is 45.1 Å². The van der Waals surface area contributed by atoms with Crippen molar-refractivity contribution < 1.29 is 62.6 Å². The third-order valence-corrected chi connectivity index (χ3v) is 7.95. The number of β-amino-alcohol motifs (C(OH)–C–C–N with tert-alkyl or cyclic N) is 1. The topological polar surface area (TPSA) is 237 Å². The van der Waals surface area contributed by atoms with Gasteiger partial charge in [-0.15, -0.1) is 0 Å². The third kappa shape index (κ3) is 11.4. The van der Waals surface area contributed by atoms with Crippen LogP contribution >= 0.6 is 0 Å². The highest BCUT2D eigenvalue weighted by Crippen LogP contribution is 2.38. The quantitative estimate of drug-likeness (QED) is 0.133. The monoisotopic (exact) mass is 750 g/mol. The Balaban J connectivity index is 0.00000128. The predicted octanol–water partition coefficient (Wildman–Crippen LogP) is 3.56. The second-order valence-electron chi connectivity index (χ2n) is 11.2. The highest BCUT2D eigenvalue weighted by Gasteiger charge is 2.38. The highest BCUT2D eigenvalue weighted by molar-refractivity contribution is 6.01. The molecule has 2 fully saturated rings. The van der Waals surface area contributed by atoms with Gasteiger partial charge in [-0.05, 0) is 19.3 Å². The molecule has 4 rings (SSSR count). The number of amides is 2. The maximum Gasteiger partial charge on any atom is 0.328 e. The standard InChI is InChI=1S/C29H34N4O13.C3H6O2.C2H6/c1-42-23-12-18(27(35)30-9-7-17(34)16-30)21(32(38)39)14-25(23)45-10-5-11-46-26-15-22(33(40)41)19(13-24(26)43-2)28(36)31-8-4-6-20(31)29(37)44-3;1-3(4)5-2;1-2/h12-15,17,20,34H,4-11,16H2,1-3H3;1-2H3;1-2H3. The number of likely N-dealkylation sites (tertiary alicyclic amines) is 2. The van der Waals surface area contributed by atoms with E-state index in [0.29, 0.717) is 19.3 Å². The fraction of sp³-hybridized carbons (Fsp3) is 0.529. The number of nitro benzene ring substituents is 2. The fourth-order valence-electron chi connectivity index (χ4n) is 5.35. The molecule has 53 heavy (non-hydrogen) atoms. The van der Waals surface area contributed by atoms with Gasteiger partial charge in [-0.1, -0.05) is 13.8 Å². The number of nitrogens with zero attached hydrogens (tertiary/aromatic N) is 4. The number of esters is 2. The van der Waals surface area contributed by atoms with Gasteiger partial charge in [-0.2, -0.15) is 0 Å². The van der Waals surface area contributed by atoms with Gasteiger partial charge in [0.25, 0.3) is 23.2 Å². The number of ether oxygens (including phenoxy) is 6. The molecule has 2 aliphatic heterocycles. The van der Waals surface area contributed by atoms with E-state index in [1.807, 2.05) is 13.8 Å². The van der Waals surface area contributed by atoms with Crippen molar-refractivity contribution >= 4 is 35.1 Å². The summed E-state index contributed by atoms with van der Waals surface area (Å²) in [5.41, 5.74) is -1.50. The molecule has 2 aliphatic rings. The van der Waals surface area contributed by atoms with Crippen molar-refractivity contribution in [3.05, 3.63) is 55.6 Å². The Morgan fingerprint density at radius 3 is 1.66 bits per heavy atom. The minimum absolute atomic E-state index is 0.00969. The maximum atomic E-state index is 13.3. The van der Waals surface area contributed by atoms with Gasteiger partial charge in [-0.3, -0.25) is 34.6 Å². The highest BCUT2D eigenvalue weighted by atomic mass is 16.6. The Kier molecular flexibility index (Phi) is 17.2. The number of rotatable bonds is 13. The van der Waals surface area contributed by atoms with Crippen LogP contribution in [0.5, 0.6) is 23.0 Å². The fourth-order valence-corrected chi connectivity index (χ4v) is 5.35. The molecule has 0 radical (unpaired) electrons. The summed E-state index contributed by atoms with van der Waals surface area (Å²) in [6.07, 6.45) is 0.784. The molecule has 0 spiro atoms. The molecule has 2 saturated heterocycles. The molecule has 2 heterocycles. The van der Waals surface area contributed by atoms with Crippen LogP contribution in [0.1, 0.15) is 67.2 Å². The van der Waals surface area contributed by atoms with E-state index in [2.05, 4.69) is 4.74 Å². The lowest BCUT2D eigenvalue weighted by Gasteiger charge is -2.23. The summed E-state index contributed by atoms with van der Waals surface area (Å²) in [7, 11) is 5.17. The van der Waals surface area contributed by atoms with Crippen LogP contribution in [0.15, 0.2) is 24.3 Å². The Morgan fingerprint density at radius 2 is 1.26 bits per heavy atom. The summed E-state index contributed by atoms with van der Waals surface area (Å²) >= 11 is 0. The van der Waals surface area contributed by atoms with Crippen LogP contribution in [0.3, 0.4) is 0 Å². The average Bonchev–Trinajstić information content (AvgIpc) is 3.83. The Bertz CT molecular complexity index is 1630. The number of hydrogen-bond acceptors (Lipinski definition) is 15. The largest absolute Gasteiger partial charge is 0.493 e. The minimum atomic E-state index is -0.852. The molecular weight excluding hydrogens is 704 g/mol. The molecule has 0 aromatic heterocycles. The van der Waals surface area contributed by atoms with Crippen molar-refractivity contribution in [2.75, 3.05) is 61.3 Å². The number of carbonyl (C=O) groups excluding carboxylic acids is 4. The molecule has 0 aliphatic carbocycles. The number of carbonyl (C=O) groups is 4. The predicted molar refractivity (Wildman–Crippen MR) is 187 cm³/mol. The lowest BCUT2D eigenvalue weighted by Crippen LogP contribution is -2.41. The maximum absolute atomic E-state index is 13.3. The first-order valence-corrected chi connectivity index (χ1v) is 16.7. The molecule has 2 unspecified atom stereocenters. The first-order chi connectivity index (χ1) is 25.3. The van der Waals surface area contributed by atoms with Crippen LogP contribution < -0.4 is 18.9 Å². The summed E-state index contributed by atoms with van der Waals surface area (Å²) < 4.78 is 30.9. The van der Waals surface area contributed by atoms with Gasteiger partial charge in [0.2, 0.25) is 0 Å². The van der Waals surface area contributed by atoms with Crippen LogP contribution in [0.4, 0.5) is 11.4 Å². The molecule has 19 heteroatoms. The summed E-state index contributed by atoms with van der Waals surface area (Å²) in [6, 6.07) is 3.72. The van der Waals surface area contributed by atoms with Crippen molar-refractivity contribution in [1.82, 2.24) is 9.80 Å². The van der Waals surface area contributed by atoms with Crippen molar-refractivity contribution in [2.45, 2.75) is 58.6 Å². The van der Waals surface area contributed by atoms with E-state index in [9.17, 15) is 44.5 Å². The summed E-state index contributed by atoms with van der Waals surface area (Å²) in [4.78, 5) is 72.8. The van der Waals surface area contributed by atoms with Crippen LogP contribution in [0.2, 0.25) is 0 Å². The first kappa shape index (κ1) is 43.4. The van der Waals surface area contributed by atoms with Gasteiger partial charge in [-0.25, -0.2) is 4.79 Å². The van der Waals surface area contributed by atoms with Crippen molar-refractivity contribution in [3.8, 4) is 23.0 Å². The molecule has 292 valence electrons. The zero-order valence-electron chi connectivity index (χ0n) is 30.8. The number of nitro groups is 2.